The van der Waals surface area contributed by atoms with Gasteiger partial charge in [-0.25, -0.2) is 13.1 Å². The molecule has 0 aromatic carbocycles. The summed E-state index contributed by atoms with van der Waals surface area (Å²) in [5.41, 5.74) is 0. The highest BCUT2D eigenvalue weighted by Crippen LogP contribution is 2.16. The van der Waals surface area contributed by atoms with Crippen LogP contribution >= 0.6 is 0 Å². The molecule has 0 aromatic heterocycles. The maximum atomic E-state index is 11.4. The van der Waals surface area contributed by atoms with E-state index in [1.807, 2.05) is 13.8 Å². The predicted octanol–water partition coefficient (Wildman–Crippen LogP) is 0.741. The van der Waals surface area contributed by atoms with Gasteiger partial charge in [0.25, 0.3) is 0 Å². The molecule has 1 fully saturated rings. The second kappa shape index (κ2) is 5.09. The van der Waals surface area contributed by atoms with Crippen molar-refractivity contribution in [1.82, 2.24) is 4.72 Å². The number of rotatable bonds is 5. The Labute approximate surface area is 86.1 Å². The summed E-state index contributed by atoms with van der Waals surface area (Å²) in [6.07, 6.45) is 1.61. The predicted molar refractivity (Wildman–Crippen MR) is 55.6 cm³/mol. The topological polar surface area (TPSA) is 55.4 Å². The van der Waals surface area contributed by atoms with Crippen LogP contribution in [0.4, 0.5) is 0 Å². The molecule has 0 radical (unpaired) electrons. The minimum atomic E-state index is -3.07. The molecule has 1 saturated heterocycles. The molecular formula is C9H19NO3S. The van der Waals surface area contributed by atoms with Crippen molar-refractivity contribution in [3.63, 3.8) is 0 Å². The molecule has 1 rings (SSSR count). The molecule has 1 aliphatic heterocycles. The third kappa shape index (κ3) is 3.55. The van der Waals surface area contributed by atoms with Gasteiger partial charge in [0.2, 0.25) is 10.0 Å². The maximum Gasteiger partial charge on any atom is 0.211 e. The van der Waals surface area contributed by atoms with Crippen molar-refractivity contribution >= 4 is 10.0 Å². The first-order chi connectivity index (χ1) is 6.55. The number of hydrogen-bond donors (Lipinski definition) is 1. The number of hydrogen-bond acceptors (Lipinski definition) is 3. The van der Waals surface area contributed by atoms with Gasteiger partial charge in [-0.15, -0.1) is 0 Å². The summed E-state index contributed by atoms with van der Waals surface area (Å²) in [5.74, 6) is 0.548. The molecule has 0 aliphatic carbocycles. The van der Waals surface area contributed by atoms with Crippen molar-refractivity contribution in [2.24, 2.45) is 5.92 Å². The molecule has 84 valence electrons. The van der Waals surface area contributed by atoms with Crippen LogP contribution in [0.1, 0.15) is 26.7 Å². The van der Waals surface area contributed by atoms with E-state index >= 15 is 0 Å². The molecule has 0 amide bonds. The van der Waals surface area contributed by atoms with Crippen LogP contribution in [0.15, 0.2) is 0 Å². The minimum Gasteiger partial charge on any atom is -0.381 e. The third-order valence-electron chi connectivity index (χ3n) is 2.51. The van der Waals surface area contributed by atoms with Gasteiger partial charge in [-0.05, 0) is 19.8 Å². The summed E-state index contributed by atoms with van der Waals surface area (Å²) in [5, 5.41) is 0. The first-order valence-electron chi connectivity index (χ1n) is 5.13. The van der Waals surface area contributed by atoms with Gasteiger partial charge in [-0.1, -0.05) is 6.92 Å². The molecule has 0 bridgehead atoms. The first-order valence-corrected chi connectivity index (χ1v) is 6.78. The van der Waals surface area contributed by atoms with Crippen LogP contribution in [-0.2, 0) is 14.8 Å². The Morgan fingerprint density at radius 3 is 2.79 bits per heavy atom. The summed E-state index contributed by atoms with van der Waals surface area (Å²) < 4.78 is 30.8. The minimum absolute atomic E-state index is 0.00551. The highest BCUT2D eigenvalue weighted by molar-refractivity contribution is 7.89. The summed E-state index contributed by atoms with van der Waals surface area (Å²) in [4.78, 5) is 0. The summed E-state index contributed by atoms with van der Waals surface area (Å²) >= 11 is 0. The van der Waals surface area contributed by atoms with Gasteiger partial charge >= 0.3 is 0 Å². The lowest BCUT2D eigenvalue weighted by atomic mass is 10.0. The molecule has 1 aliphatic rings. The van der Waals surface area contributed by atoms with Crippen molar-refractivity contribution in [2.45, 2.75) is 32.7 Å². The number of sulfonamides is 1. The Balaban J connectivity index is 2.42. The Hall–Kier alpha value is -0.130. The second-order valence-corrected chi connectivity index (χ2v) is 5.72. The zero-order valence-corrected chi connectivity index (χ0v) is 9.64. The Kier molecular flexibility index (Phi) is 4.34. The highest BCUT2D eigenvalue weighted by Gasteiger charge is 2.25. The van der Waals surface area contributed by atoms with Gasteiger partial charge in [-0.3, -0.25) is 0 Å². The monoisotopic (exact) mass is 221 g/mol. The standard InChI is InChI=1S/C9H19NO3S/c1-3-6-14(11,12)10-8(2)9-4-5-13-7-9/h8-10H,3-7H2,1-2H3. The van der Waals surface area contributed by atoms with E-state index in [0.29, 0.717) is 18.9 Å². The van der Waals surface area contributed by atoms with Crippen LogP contribution in [0.3, 0.4) is 0 Å². The Bertz CT molecular complexity index is 257. The second-order valence-electron chi connectivity index (χ2n) is 3.85. The fourth-order valence-corrected chi connectivity index (χ4v) is 3.07. The van der Waals surface area contributed by atoms with E-state index in [1.165, 1.54) is 0 Å². The molecule has 4 nitrogen and oxygen atoms in total. The fraction of sp³-hybridized carbons (Fsp3) is 1.00. The SMILES string of the molecule is CCCS(=O)(=O)NC(C)C1CCOC1. The quantitative estimate of drug-likeness (QED) is 0.745. The van der Waals surface area contributed by atoms with E-state index in [2.05, 4.69) is 4.72 Å². The molecule has 14 heavy (non-hydrogen) atoms. The lowest BCUT2D eigenvalue weighted by molar-refractivity contribution is 0.180. The van der Waals surface area contributed by atoms with Gasteiger partial charge < -0.3 is 4.74 Å². The third-order valence-corrected chi connectivity index (χ3v) is 4.19. The summed E-state index contributed by atoms with van der Waals surface area (Å²) in [6, 6.07) is -0.00551. The van der Waals surface area contributed by atoms with E-state index < -0.39 is 10.0 Å². The zero-order chi connectivity index (χ0) is 10.6. The molecule has 0 aromatic rings. The summed E-state index contributed by atoms with van der Waals surface area (Å²) in [6.45, 7) is 5.20. The van der Waals surface area contributed by atoms with Crippen molar-refractivity contribution < 1.29 is 13.2 Å². The largest absolute Gasteiger partial charge is 0.381 e. The molecule has 2 unspecified atom stereocenters. The van der Waals surface area contributed by atoms with Gasteiger partial charge in [0, 0.05) is 18.6 Å². The van der Waals surface area contributed by atoms with Crippen molar-refractivity contribution in [3.8, 4) is 0 Å². The number of nitrogens with one attached hydrogen (secondary N) is 1. The van der Waals surface area contributed by atoms with E-state index in [1.54, 1.807) is 0 Å². The van der Waals surface area contributed by atoms with Crippen LogP contribution < -0.4 is 4.72 Å². The lowest BCUT2D eigenvalue weighted by Gasteiger charge is -2.18. The molecule has 1 N–H and O–H groups in total. The van der Waals surface area contributed by atoms with Crippen molar-refractivity contribution in [2.75, 3.05) is 19.0 Å². The van der Waals surface area contributed by atoms with Crippen LogP contribution in [-0.4, -0.2) is 33.4 Å². The van der Waals surface area contributed by atoms with Gasteiger partial charge in [-0.2, -0.15) is 0 Å². The van der Waals surface area contributed by atoms with Crippen LogP contribution in [0.5, 0.6) is 0 Å². The smallest absolute Gasteiger partial charge is 0.211 e. The Morgan fingerprint density at radius 2 is 2.29 bits per heavy atom. The van der Waals surface area contributed by atoms with E-state index in [9.17, 15) is 8.42 Å². The fourth-order valence-electron chi connectivity index (χ4n) is 1.65. The highest BCUT2D eigenvalue weighted by atomic mass is 32.2. The Morgan fingerprint density at radius 1 is 1.57 bits per heavy atom. The molecule has 2 atom stereocenters. The molecular weight excluding hydrogens is 202 g/mol. The zero-order valence-electron chi connectivity index (χ0n) is 8.82. The average Bonchev–Trinajstić information content (AvgIpc) is 2.53. The van der Waals surface area contributed by atoms with Crippen molar-refractivity contribution in [3.05, 3.63) is 0 Å². The van der Waals surface area contributed by atoms with E-state index in [0.717, 1.165) is 13.0 Å². The normalized spacial score (nSPS) is 25.1. The molecule has 1 heterocycles. The van der Waals surface area contributed by atoms with Gasteiger partial charge in [0.05, 0.1) is 12.4 Å². The van der Waals surface area contributed by atoms with Gasteiger partial charge in [0.1, 0.15) is 0 Å². The number of ether oxygens (including phenoxy) is 1. The molecule has 0 saturated carbocycles. The summed E-state index contributed by atoms with van der Waals surface area (Å²) in [7, 11) is -3.07. The van der Waals surface area contributed by atoms with Crippen LogP contribution in [0.25, 0.3) is 0 Å². The lowest BCUT2D eigenvalue weighted by Crippen LogP contribution is -2.39. The van der Waals surface area contributed by atoms with Gasteiger partial charge in [0.15, 0.2) is 0 Å². The van der Waals surface area contributed by atoms with E-state index in [-0.39, 0.29) is 11.8 Å². The molecule has 0 spiro atoms. The molecule has 5 heteroatoms. The van der Waals surface area contributed by atoms with Crippen LogP contribution in [0.2, 0.25) is 0 Å². The first kappa shape index (κ1) is 11.9. The van der Waals surface area contributed by atoms with Crippen LogP contribution in [0, 0.1) is 5.92 Å². The maximum absolute atomic E-state index is 11.4. The van der Waals surface area contributed by atoms with Crippen molar-refractivity contribution in [1.29, 1.82) is 0 Å². The average molecular weight is 221 g/mol. The van der Waals surface area contributed by atoms with E-state index in [4.69, 9.17) is 4.74 Å².